The molecule has 0 bridgehead atoms. The van der Waals surface area contributed by atoms with E-state index in [0.717, 1.165) is 0 Å². The maximum Gasteiger partial charge on any atom is 0.410 e. The van der Waals surface area contributed by atoms with Crippen LogP contribution in [0.5, 0.6) is 0 Å². The van der Waals surface area contributed by atoms with E-state index in [1.807, 2.05) is 0 Å². The van der Waals surface area contributed by atoms with Gasteiger partial charge in [0.2, 0.25) is 0 Å². The van der Waals surface area contributed by atoms with Gasteiger partial charge in [-0.1, -0.05) is 11.6 Å². The van der Waals surface area contributed by atoms with Crippen molar-refractivity contribution in [1.29, 1.82) is 0 Å². The van der Waals surface area contributed by atoms with Crippen LogP contribution in [0.3, 0.4) is 0 Å². The van der Waals surface area contributed by atoms with Crippen molar-refractivity contribution in [2.75, 3.05) is 19.6 Å². The van der Waals surface area contributed by atoms with Gasteiger partial charge in [0, 0.05) is 13.1 Å². The number of hydrogen-bond donors (Lipinski definition) is 1. The van der Waals surface area contributed by atoms with Crippen molar-refractivity contribution in [3.8, 4) is 0 Å². The Labute approximate surface area is 143 Å². The smallest absolute Gasteiger partial charge is 0.410 e. The van der Waals surface area contributed by atoms with Crippen LogP contribution in [0, 0.1) is 5.92 Å². The molecule has 8 heteroatoms. The molecule has 23 heavy (non-hydrogen) atoms. The number of ether oxygens (including phenoxy) is 1. The molecule has 2 rings (SSSR count). The number of halogens is 1. The molecule has 6 nitrogen and oxygen atoms in total. The zero-order chi connectivity index (χ0) is 17.2. The molecule has 1 N–H and O–H groups in total. The zero-order valence-corrected chi connectivity index (χ0v) is 14.8. The number of carbonyl (C=O) groups excluding carboxylic acids is 3. The monoisotopic (exact) mass is 358 g/mol. The molecule has 0 aliphatic carbocycles. The van der Waals surface area contributed by atoms with Crippen LogP contribution in [0.15, 0.2) is 12.1 Å². The highest BCUT2D eigenvalue weighted by molar-refractivity contribution is 7.17. The van der Waals surface area contributed by atoms with E-state index in [1.165, 1.54) is 16.2 Å². The minimum atomic E-state index is -0.606. The number of nitrogens with one attached hydrogen (secondary N) is 1. The van der Waals surface area contributed by atoms with Gasteiger partial charge in [-0.05, 0) is 32.9 Å². The Balaban J connectivity index is 1.86. The van der Waals surface area contributed by atoms with Crippen LogP contribution >= 0.6 is 22.9 Å². The first-order valence-electron chi connectivity index (χ1n) is 7.20. The molecule has 1 aliphatic rings. The lowest BCUT2D eigenvalue weighted by molar-refractivity contribution is -0.119. The number of amides is 2. The summed E-state index contributed by atoms with van der Waals surface area (Å²) in [6.45, 7) is 5.76. The molecule has 0 aromatic carbocycles. The summed E-state index contributed by atoms with van der Waals surface area (Å²) in [6.07, 6.45) is -0.510. The fourth-order valence-corrected chi connectivity index (χ4v) is 3.09. The molecular weight excluding hydrogens is 340 g/mol. The number of rotatable bonds is 3. The second-order valence-electron chi connectivity index (χ2n) is 6.34. The molecule has 0 spiro atoms. The van der Waals surface area contributed by atoms with Gasteiger partial charge in [-0.2, -0.15) is 0 Å². The molecule has 1 fully saturated rings. The maximum absolute atomic E-state index is 12.0. The third-order valence-electron chi connectivity index (χ3n) is 3.20. The summed E-state index contributed by atoms with van der Waals surface area (Å²) >= 11 is 6.96. The molecule has 1 aromatic heterocycles. The van der Waals surface area contributed by atoms with Gasteiger partial charge in [0.05, 0.1) is 21.7 Å². The van der Waals surface area contributed by atoms with E-state index >= 15 is 0 Å². The number of nitrogens with zero attached hydrogens (tertiary/aromatic N) is 1. The van der Waals surface area contributed by atoms with E-state index < -0.39 is 17.6 Å². The van der Waals surface area contributed by atoms with Crippen LogP contribution in [0.1, 0.15) is 30.4 Å². The molecule has 0 unspecified atom stereocenters. The van der Waals surface area contributed by atoms with Gasteiger partial charge in [-0.15, -0.1) is 11.3 Å². The highest BCUT2D eigenvalue weighted by Crippen LogP contribution is 2.21. The Hall–Kier alpha value is -1.60. The van der Waals surface area contributed by atoms with Crippen LogP contribution in [0.4, 0.5) is 4.79 Å². The van der Waals surface area contributed by atoms with Crippen LogP contribution in [0.2, 0.25) is 4.34 Å². The largest absolute Gasteiger partial charge is 0.444 e. The summed E-state index contributed by atoms with van der Waals surface area (Å²) in [5, 5.41) is 2.71. The summed E-state index contributed by atoms with van der Waals surface area (Å²) < 4.78 is 5.78. The van der Waals surface area contributed by atoms with Gasteiger partial charge >= 0.3 is 6.09 Å². The van der Waals surface area contributed by atoms with Crippen LogP contribution < -0.4 is 5.32 Å². The van der Waals surface area contributed by atoms with E-state index in [0.29, 0.717) is 9.21 Å². The number of carbonyl (C=O) groups is 3. The molecule has 0 saturated carbocycles. The second-order valence-corrected chi connectivity index (χ2v) is 8.05. The summed E-state index contributed by atoms with van der Waals surface area (Å²) in [5.41, 5.74) is -0.606. The third kappa shape index (κ3) is 4.94. The van der Waals surface area contributed by atoms with Gasteiger partial charge in [0.25, 0.3) is 5.91 Å². The van der Waals surface area contributed by atoms with Crippen molar-refractivity contribution >= 4 is 40.7 Å². The molecule has 1 atom stereocenters. The van der Waals surface area contributed by atoms with E-state index in [2.05, 4.69) is 5.32 Å². The Morgan fingerprint density at radius 2 is 2.13 bits per heavy atom. The van der Waals surface area contributed by atoms with Crippen molar-refractivity contribution in [2.24, 2.45) is 5.92 Å². The van der Waals surface area contributed by atoms with Crippen LogP contribution in [-0.2, 0) is 9.53 Å². The summed E-state index contributed by atoms with van der Waals surface area (Å²) in [6, 6.07) is 3.28. The van der Waals surface area contributed by atoms with Crippen molar-refractivity contribution in [1.82, 2.24) is 10.2 Å². The van der Waals surface area contributed by atoms with Crippen molar-refractivity contribution in [3.63, 3.8) is 0 Å². The van der Waals surface area contributed by atoms with Gasteiger partial charge in [-0.3, -0.25) is 9.59 Å². The van der Waals surface area contributed by atoms with Crippen molar-refractivity contribution in [2.45, 2.75) is 26.4 Å². The van der Waals surface area contributed by atoms with E-state index in [-0.39, 0.29) is 31.3 Å². The lowest BCUT2D eigenvalue weighted by atomic mass is 10.1. The average Bonchev–Trinajstić information content (AvgIpc) is 3.01. The fraction of sp³-hybridized carbons (Fsp3) is 0.533. The summed E-state index contributed by atoms with van der Waals surface area (Å²) in [4.78, 5) is 37.8. The molecule has 1 saturated heterocycles. The SMILES string of the molecule is CC(C)(C)OC(=O)N1CC(=O)[C@@H](CNC(=O)c2ccc(Cl)s2)C1. The predicted octanol–water partition coefficient (Wildman–Crippen LogP) is 2.57. The number of ketones is 1. The highest BCUT2D eigenvalue weighted by atomic mass is 35.5. The first-order valence-corrected chi connectivity index (χ1v) is 8.39. The minimum absolute atomic E-state index is 0.0142. The Kier molecular flexibility index (Phi) is 5.31. The lowest BCUT2D eigenvalue weighted by Crippen LogP contribution is -2.36. The van der Waals surface area contributed by atoms with Crippen molar-refractivity contribution in [3.05, 3.63) is 21.3 Å². The second kappa shape index (κ2) is 6.88. The first-order chi connectivity index (χ1) is 10.7. The average molecular weight is 359 g/mol. The highest BCUT2D eigenvalue weighted by Gasteiger charge is 2.35. The van der Waals surface area contributed by atoms with E-state index in [1.54, 1.807) is 32.9 Å². The quantitative estimate of drug-likeness (QED) is 0.901. The Morgan fingerprint density at radius 1 is 1.43 bits per heavy atom. The fourth-order valence-electron chi connectivity index (χ4n) is 2.13. The van der Waals surface area contributed by atoms with Crippen LogP contribution in [0.25, 0.3) is 0 Å². The standard InChI is InChI=1S/C15H19ClN2O4S/c1-15(2,3)22-14(21)18-7-9(10(19)8-18)6-17-13(20)11-4-5-12(16)23-11/h4-5,9H,6-8H2,1-3H3,(H,17,20)/t9-/m0/s1. The number of Topliss-reactive ketones (excluding diaryl/α,β-unsaturated/α-hetero) is 1. The number of likely N-dealkylation sites (tertiary alicyclic amines) is 1. The molecule has 2 amide bonds. The predicted molar refractivity (Wildman–Crippen MR) is 88.0 cm³/mol. The minimum Gasteiger partial charge on any atom is -0.444 e. The Morgan fingerprint density at radius 3 is 2.70 bits per heavy atom. The van der Waals surface area contributed by atoms with Gasteiger partial charge in [-0.25, -0.2) is 4.79 Å². The topological polar surface area (TPSA) is 75.7 Å². The molecule has 0 radical (unpaired) electrons. The molecular formula is C15H19ClN2O4S. The first kappa shape index (κ1) is 17.7. The summed E-state index contributed by atoms with van der Waals surface area (Å²) in [5.74, 6) is -0.771. The molecule has 1 aliphatic heterocycles. The number of hydrogen-bond acceptors (Lipinski definition) is 5. The Bertz CT molecular complexity index is 623. The normalized spacial score (nSPS) is 18.2. The maximum atomic E-state index is 12.0. The van der Waals surface area contributed by atoms with Gasteiger partial charge < -0.3 is 15.0 Å². The molecule has 2 heterocycles. The van der Waals surface area contributed by atoms with Crippen molar-refractivity contribution < 1.29 is 19.1 Å². The lowest BCUT2D eigenvalue weighted by Gasteiger charge is -2.24. The van der Waals surface area contributed by atoms with Gasteiger partial charge in [0.1, 0.15) is 5.60 Å². The van der Waals surface area contributed by atoms with E-state index in [4.69, 9.17) is 16.3 Å². The van der Waals surface area contributed by atoms with Crippen LogP contribution in [-0.4, -0.2) is 47.9 Å². The zero-order valence-electron chi connectivity index (χ0n) is 13.2. The van der Waals surface area contributed by atoms with Gasteiger partial charge in [0.15, 0.2) is 5.78 Å². The molecule has 126 valence electrons. The molecule has 1 aromatic rings. The third-order valence-corrected chi connectivity index (χ3v) is 4.43. The van der Waals surface area contributed by atoms with E-state index in [9.17, 15) is 14.4 Å². The summed E-state index contributed by atoms with van der Waals surface area (Å²) in [7, 11) is 0. The number of thiophene rings is 1.